The fourth-order valence-electron chi connectivity index (χ4n) is 2.74. The number of carboxylic acids is 1. The maximum absolute atomic E-state index is 11.9. The summed E-state index contributed by atoms with van der Waals surface area (Å²) in [7, 11) is 0. The van der Waals surface area contributed by atoms with E-state index in [1.54, 1.807) is 0 Å². The Balaban J connectivity index is 2.47. The van der Waals surface area contributed by atoms with Gasteiger partial charge in [0.15, 0.2) is 0 Å². The average Bonchev–Trinajstić information content (AvgIpc) is 2.34. The molecule has 1 saturated carbocycles. The highest BCUT2D eigenvalue weighted by Crippen LogP contribution is 2.33. The molecule has 5 nitrogen and oxygen atoms in total. The lowest BCUT2D eigenvalue weighted by Crippen LogP contribution is -2.55. The molecule has 0 aromatic heterocycles. The van der Waals surface area contributed by atoms with E-state index in [0.717, 1.165) is 19.3 Å². The quantitative estimate of drug-likeness (QED) is 0.694. The molecule has 2 unspecified atom stereocenters. The molecule has 0 spiro atoms. The molecule has 0 radical (unpaired) electrons. The molecule has 1 fully saturated rings. The number of carbonyl (C=O) groups excluding carboxylic acids is 1. The molecule has 19 heavy (non-hydrogen) atoms. The fraction of sp³-hybridized carbons (Fsp3) is 0.857. The van der Waals surface area contributed by atoms with Gasteiger partial charge in [0.1, 0.15) is 0 Å². The first kappa shape index (κ1) is 16.0. The summed E-state index contributed by atoms with van der Waals surface area (Å²) < 4.78 is 5.18. The Morgan fingerprint density at radius 2 is 2.16 bits per heavy atom. The summed E-state index contributed by atoms with van der Waals surface area (Å²) in [6.45, 7) is 5.00. The number of aliphatic carboxylic acids is 1. The number of nitrogens with one attached hydrogen (secondary N) is 1. The van der Waals surface area contributed by atoms with Gasteiger partial charge in [-0.3, -0.25) is 9.59 Å². The summed E-state index contributed by atoms with van der Waals surface area (Å²) in [5.74, 6) is -1.36. The number of carbonyl (C=O) groups is 2. The van der Waals surface area contributed by atoms with Crippen molar-refractivity contribution in [2.75, 3.05) is 13.2 Å². The molecule has 5 heteroatoms. The van der Waals surface area contributed by atoms with Crippen molar-refractivity contribution < 1.29 is 19.4 Å². The summed E-state index contributed by atoms with van der Waals surface area (Å²) in [6.07, 6.45) is 4.34. The average molecular weight is 271 g/mol. The van der Waals surface area contributed by atoms with E-state index in [2.05, 4.69) is 5.32 Å². The third kappa shape index (κ3) is 4.82. The van der Waals surface area contributed by atoms with Gasteiger partial charge in [0.2, 0.25) is 5.91 Å². The Kier molecular flexibility index (Phi) is 6.28. The van der Waals surface area contributed by atoms with Crippen molar-refractivity contribution in [2.45, 2.75) is 57.9 Å². The molecule has 1 rings (SSSR count). The van der Waals surface area contributed by atoms with Crippen LogP contribution in [-0.2, 0) is 14.3 Å². The minimum atomic E-state index is -0.809. The third-order valence-electron chi connectivity index (χ3n) is 3.83. The van der Waals surface area contributed by atoms with Crippen molar-refractivity contribution in [1.29, 1.82) is 0 Å². The molecule has 2 atom stereocenters. The molecule has 1 aliphatic rings. The summed E-state index contributed by atoms with van der Waals surface area (Å²) in [6, 6.07) is 0. The van der Waals surface area contributed by atoms with E-state index in [9.17, 15) is 14.7 Å². The first-order chi connectivity index (χ1) is 8.99. The normalized spacial score (nSPS) is 26.9. The highest BCUT2D eigenvalue weighted by Gasteiger charge is 2.41. The second-order valence-electron chi connectivity index (χ2n) is 5.40. The molecule has 0 aliphatic heterocycles. The van der Waals surface area contributed by atoms with E-state index in [1.807, 2.05) is 13.8 Å². The highest BCUT2D eigenvalue weighted by molar-refractivity contribution is 5.79. The Bertz CT molecular complexity index is 319. The zero-order chi connectivity index (χ0) is 14.3. The van der Waals surface area contributed by atoms with Gasteiger partial charge < -0.3 is 15.2 Å². The number of carboxylic acid groups (broad SMARTS) is 1. The largest absolute Gasteiger partial charge is 0.481 e. The molecular formula is C14H25NO4. The van der Waals surface area contributed by atoms with Crippen molar-refractivity contribution in [2.24, 2.45) is 5.92 Å². The monoisotopic (exact) mass is 271 g/mol. The number of ether oxygens (including phenoxy) is 1. The molecule has 2 N–H and O–H groups in total. The Labute approximate surface area is 114 Å². The molecule has 0 heterocycles. The SMILES string of the molecule is CCOCCCC(=O)NC1(C)CCCCC1C(=O)O. The van der Waals surface area contributed by atoms with Gasteiger partial charge in [-0.2, -0.15) is 0 Å². The molecule has 0 aromatic carbocycles. The number of amides is 1. The summed E-state index contributed by atoms with van der Waals surface area (Å²) in [4.78, 5) is 23.2. The predicted molar refractivity (Wildman–Crippen MR) is 71.9 cm³/mol. The van der Waals surface area contributed by atoms with Crippen LogP contribution in [0.25, 0.3) is 0 Å². The first-order valence-corrected chi connectivity index (χ1v) is 7.11. The molecule has 0 bridgehead atoms. The Hall–Kier alpha value is -1.10. The number of rotatable bonds is 7. The predicted octanol–water partition coefficient (Wildman–Crippen LogP) is 1.95. The fourth-order valence-corrected chi connectivity index (χ4v) is 2.74. The zero-order valence-corrected chi connectivity index (χ0v) is 11.9. The molecule has 0 saturated heterocycles. The second-order valence-corrected chi connectivity index (χ2v) is 5.40. The van der Waals surface area contributed by atoms with Crippen molar-refractivity contribution >= 4 is 11.9 Å². The highest BCUT2D eigenvalue weighted by atomic mass is 16.5. The van der Waals surface area contributed by atoms with Crippen LogP contribution in [0.5, 0.6) is 0 Å². The Morgan fingerprint density at radius 1 is 1.42 bits per heavy atom. The van der Waals surface area contributed by atoms with Gasteiger partial charge in [-0.05, 0) is 33.1 Å². The lowest BCUT2D eigenvalue weighted by Gasteiger charge is -2.39. The van der Waals surface area contributed by atoms with Crippen LogP contribution in [0.3, 0.4) is 0 Å². The zero-order valence-electron chi connectivity index (χ0n) is 11.9. The Morgan fingerprint density at radius 3 is 2.79 bits per heavy atom. The van der Waals surface area contributed by atoms with Crippen molar-refractivity contribution in [1.82, 2.24) is 5.32 Å². The van der Waals surface area contributed by atoms with Crippen LogP contribution in [0, 0.1) is 5.92 Å². The van der Waals surface area contributed by atoms with Crippen molar-refractivity contribution in [3.63, 3.8) is 0 Å². The molecule has 110 valence electrons. The third-order valence-corrected chi connectivity index (χ3v) is 3.83. The minimum absolute atomic E-state index is 0.0737. The van der Waals surface area contributed by atoms with Gasteiger partial charge >= 0.3 is 5.97 Å². The van der Waals surface area contributed by atoms with Gasteiger partial charge in [0, 0.05) is 19.6 Å². The maximum Gasteiger partial charge on any atom is 0.308 e. The van der Waals surface area contributed by atoms with Crippen LogP contribution >= 0.6 is 0 Å². The minimum Gasteiger partial charge on any atom is -0.481 e. The first-order valence-electron chi connectivity index (χ1n) is 7.11. The second kappa shape index (κ2) is 7.48. The van der Waals surface area contributed by atoms with Crippen LogP contribution in [0.2, 0.25) is 0 Å². The summed E-state index contributed by atoms with van der Waals surface area (Å²) in [5, 5.41) is 12.2. The van der Waals surface area contributed by atoms with E-state index in [0.29, 0.717) is 32.5 Å². The van der Waals surface area contributed by atoms with Gasteiger partial charge in [0.05, 0.1) is 11.5 Å². The van der Waals surface area contributed by atoms with E-state index in [-0.39, 0.29) is 5.91 Å². The summed E-state index contributed by atoms with van der Waals surface area (Å²) in [5.41, 5.74) is -0.604. The van der Waals surface area contributed by atoms with Crippen LogP contribution in [0.15, 0.2) is 0 Å². The summed E-state index contributed by atoms with van der Waals surface area (Å²) >= 11 is 0. The van der Waals surface area contributed by atoms with Crippen molar-refractivity contribution in [3.05, 3.63) is 0 Å². The topological polar surface area (TPSA) is 75.6 Å². The number of hydrogen-bond acceptors (Lipinski definition) is 3. The maximum atomic E-state index is 11.9. The molecule has 1 amide bonds. The van der Waals surface area contributed by atoms with E-state index >= 15 is 0 Å². The van der Waals surface area contributed by atoms with E-state index < -0.39 is 17.4 Å². The van der Waals surface area contributed by atoms with Gasteiger partial charge in [-0.25, -0.2) is 0 Å². The van der Waals surface area contributed by atoms with Crippen LogP contribution < -0.4 is 5.32 Å². The van der Waals surface area contributed by atoms with Crippen LogP contribution in [0.1, 0.15) is 52.4 Å². The van der Waals surface area contributed by atoms with Gasteiger partial charge in [-0.1, -0.05) is 12.8 Å². The van der Waals surface area contributed by atoms with E-state index in [1.165, 1.54) is 0 Å². The molecule has 1 aliphatic carbocycles. The van der Waals surface area contributed by atoms with Crippen LogP contribution in [-0.4, -0.2) is 35.7 Å². The smallest absolute Gasteiger partial charge is 0.308 e. The molecule has 0 aromatic rings. The number of hydrogen-bond donors (Lipinski definition) is 2. The lowest BCUT2D eigenvalue weighted by atomic mass is 9.74. The standard InChI is InChI=1S/C14H25NO4/c1-3-19-10-6-8-12(16)15-14(2)9-5-4-7-11(14)13(17)18/h11H,3-10H2,1-2H3,(H,15,16)(H,17,18). The van der Waals surface area contributed by atoms with E-state index in [4.69, 9.17) is 4.74 Å². The van der Waals surface area contributed by atoms with Crippen LogP contribution in [0.4, 0.5) is 0 Å². The lowest BCUT2D eigenvalue weighted by molar-refractivity contribution is -0.146. The molecular weight excluding hydrogens is 246 g/mol. The van der Waals surface area contributed by atoms with Gasteiger partial charge in [0.25, 0.3) is 0 Å². The van der Waals surface area contributed by atoms with Crippen molar-refractivity contribution in [3.8, 4) is 0 Å². The van der Waals surface area contributed by atoms with Gasteiger partial charge in [-0.15, -0.1) is 0 Å².